The van der Waals surface area contributed by atoms with Gasteiger partial charge in [-0.1, -0.05) is 24.4 Å². The van der Waals surface area contributed by atoms with Gasteiger partial charge in [0.2, 0.25) is 0 Å². The number of halogens is 2. The van der Waals surface area contributed by atoms with Crippen molar-refractivity contribution in [3.8, 4) is 0 Å². The third-order valence-electron chi connectivity index (χ3n) is 6.02. The van der Waals surface area contributed by atoms with E-state index in [1.165, 1.54) is 42.7 Å². The maximum absolute atomic E-state index is 14.9. The third kappa shape index (κ3) is 6.65. The van der Waals surface area contributed by atoms with E-state index in [0.717, 1.165) is 38.0 Å². The monoisotopic (exact) mass is 517 g/mol. The lowest BCUT2D eigenvalue weighted by Gasteiger charge is -2.39. The minimum atomic E-state index is -3.87. The van der Waals surface area contributed by atoms with Gasteiger partial charge in [0.25, 0.3) is 6.47 Å². The fourth-order valence-corrected chi connectivity index (χ4v) is 7.35. The highest BCUT2D eigenvalue weighted by Crippen LogP contribution is 2.34. The molecule has 0 bridgehead atoms. The SMILES string of the molecule is Cc1csc(CS(=O)(=O)c2cc(Cl)c(N[C@H]3CCCC[C@@H]3N3CCCC3)cc2F)n1.O=CO. The van der Waals surface area contributed by atoms with Crippen LogP contribution in [0.25, 0.3) is 0 Å². The zero-order valence-corrected chi connectivity index (χ0v) is 20.9. The zero-order chi connectivity index (χ0) is 24.0. The average molecular weight is 518 g/mol. The van der Waals surface area contributed by atoms with Gasteiger partial charge in [-0.15, -0.1) is 11.3 Å². The standard InChI is InChI=1S/C21H27ClFN3O2S2.CH2O2/c1-14-12-29-21(24-14)13-30(27,28)20-10-15(22)18(11-16(20)23)25-17-6-2-3-7-19(17)26-8-4-5-9-26;2-1-3/h10-12,17,19,25H,2-9,13H2,1H3;1H,(H,2,3)/t17-,19-;/m0./s1. The lowest BCUT2D eigenvalue weighted by Crippen LogP contribution is -2.47. The van der Waals surface area contributed by atoms with Crippen LogP contribution in [0, 0.1) is 12.7 Å². The number of carboxylic acid groups (broad SMARTS) is 1. The van der Waals surface area contributed by atoms with Crippen molar-refractivity contribution < 1.29 is 22.7 Å². The number of benzene rings is 1. The number of aromatic nitrogens is 1. The molecule has 2 aromatic rings. The number of sulfone groups is 1. The first-order chi connectivity index (χ1) is 15.7. The zero-order valence-electron chi connectivity index (χ0n) is 18.5. The lowest BCUT2D eigenvalue weighted by molar-refractivity contribution is -0.122. The molecule has 1 aliphatic heterocycles. The van der Waals surface area contributed by atoms with E-state index in [-0.39, 0.29) is 28.2 Å². The number of hydrogen-bond donors (Lipinski definition) is 2. The normalized spacial score (nSPS) is 21.3. The van der Waals surface area contributed by atoms with Gasteiger partial charge in [-0.05, 0) is 57.8 Å². The van der Waals surface area contributed by atoms with E-state index in [2.05, 4.69) is 15.2 Å². The molecular formula is C22H29ClFN3O4S2. The van der Waals surface area contributed by atoms with Gasteiger partial charge in [0.05, 0.1) is 10.7 Å². The summed E-state index contributed by atoms with van der Waals surface area (Å²) in [5.74, 6) is -1.10. The molecular weight excluding hydrogens is 489 g/mol. The van der Waals surface area contributed by atoms with Crippen LogP contribution in [0.5, 0.6) is 0 Å². The molecule has 0 amide bonds. The van der Waals surface area contributed by atoms with E-state index in [1.54, 1.807) is 12.3 Å². The summed E-state index contributed by atoms with van der Waals surface area (Å²) in [6.45, 7) is 3.77. The van der Waals surface area contributed by atoms with Crippen molar-refractivity contribution in [3.63, 3.8) is 0 Å². The minimum absolute atomic E-state index is 0.189. The smallest absolute Gasteiger partial charge is 0.290 e. The van der Waals surface area contributed by atoms with E-state index in [0.29, 0.717) is 16.7 Å². The van der Waals surface area contributed by atoms with Crippen LogP contribution < -0.4 is 5.32 Å². The Kier molecular flexibility index (Phi) is 9.09. The topological polar surface area (TPSA) is 99.6 Å². The molecule has 1 saturated carbocycles. The number of nitrogens with zero attached hydrogens (tertiary/aromatic N) is 2. The second-order valence-corrected chi connectivity index (χ2v) is 11.7. The first-order valence-corrected chi connectivity index (χ1v) is 13.9. The molecule has 11 heteroatoms. The molecule has 0 spiro atoms. The molecule has 2 N–H and O–H groups in total. The summed E-state index contributed by atoms with van der Waals surface area (Å²) in [5.41, 5.74) is 1.22. The van der Waals surface area contributed by atoms with Crippen LogP contribution in [0.1, 0.15) is 49.2 Å². The number of hydrogen-bond acceptors (Lipinski definition) is 7. The summed E-state index contributed by atoms with van der Waals surface area (Å²) in [5, 5.41) is 12.8. The molecule has 0 unspecified atom stereocenters. The van der Waals surface area contributed by atoms with Crippen LogP contribution in [-0.2, 0) is 20.4 Å². The van der Waals surface area contributed by atoms with Gasteiger partial charge in [-0.25, -0.2) is 17.8 Å². The summed E-state index contributed by atoms with van der Waals surface area (Å²) in [4.78, 5) is 14.7. The van der Waals surface area contributed by atoms with E-state index >= 15 is 0 Å². The largest absolute Gasteiger partial charge is 0.483 e. The Morgan fingerprint density at radius 1 is 1.27 bits per heavy atom. The van der Waals surface area contributed by atoms with Crippen molar-refractivity contribution in [2.45, 2.75) is 68.2 Å². The minimum Gasteiger partial charge on any atom is -0.483 e. The molecule has 2 atom stereocenters. The number of thiazole rings is 1. The first kappa shape index (κ1) is 25.9. The van der Waals surface area contributed by atoms with Crippen LogP contribution in [0.4, 0.5) is 10.1 Å². The van der Waals surface area contributed by atoms with Crippen molar-refractivity contribution in [2.75, 3.05) is 18.4 Å². The molecule has 4 rings (SSSR count). The van der Waals surface area contributed by atoms with E-state index in [4.69, 9.17) is 21.5 Å². The highest BCUT2D eigenvalue weighted by Gasteiger charge is 2.32. The highest BCUT2D eigenvalue weighted by atomic mass is 35.5. The van der Waals surface area contributed by atoms with E-state index < -0.39 is 15.7 Å². The highest BCUT2D eigenvalue weighted by molar-refractivity contribution is 7.90. The predicted molar refractivity (Wildman–Crippen MR) is 128 cm³/mol. The molecule has 1 aromatic heterocycles. The van der Waals surface area contributed by atoms with Gasteiger partial charge in [0.1, 0.15) is 21.5 Å². The second kappa shape index (κ2) is 11.6. The molecule has 2 aliphatic rings. The summed E-state index contributed by atoms with van der Waals surface area (Å²) < 4.78 is 40.4. The maximum atomic E-state index is 14.9. The summed E-state index contributed by atoms with van der Waals surface area (Å²) in [6.07, 6.45) is 6.91. The van der Waals surface area contributed by atoms with Crippen LogP contribution in [-0.4, -0.2) is 55.1 Å². The number of likely N-dealkylation sites (tertiary alicyclic amines) is 1. The number of carbonyl (C=O) groups is 1. The van der Waals surface area contributed by atoms with Gasteiger partial charge in [0, 0.05) is 23.2 Å². The quantitative estimate of drug-likeness (QED) is 0.534. The predicted octanol–water partition coefficient (Wildman–Crippen LogP) is 4.74. The van der Waals surface area contributed by atoms with Crippen LogP contribution in [0.3, 0.4) is 0 Å². The van der Waals surface area contributed by atoms with Crippen LogP contribution in [0.15, 0.2) is 22.4 Å². The van der Waals surface area contributed by atoms with Gasteiger partial charge in [-0.2, -0.15) is 0 Å². The Bertz CT molecular complexity index is 1060. The Labute approximate surface area is 202 Å². The van der Waals surface area contributed by atoms with Crippen molar-refractivity contribution in [3.05, 3.63) is 39.1 Å². The molecule has 1 saturated heterocycles. The van der Waals surface area contributed by atoms with Crippen LogP contribution in [0.2, 0.25) is 5.02 Å². The van der Waals surface area contributed by atoms with E-state index in [9.17, 15) is 12.8 Å². The molecule has 2 fully saturated rings. The Balaban J connectivity index is 0.000000968. The first-order valence-electron chi connectivity index (χ1n) is 11.0. The third-order valence-corrected chi connectivity index (χ3v) is 9.12. The molecule has 182 valence electrons. The Morgan fingerprint density at radius 2 is 1.94 bits per heavy atom. The van der Waals surface area contributed by atoms with Gasteiger partial charge in [0.15, 0.2) is 9.84 Å². The fraction of sp³-hybridized carbons (Fsp3) is 0.545. The van der Waals surface area contributed by atoms with Crippen molar-refractivity contribution in [2.24, 2.45) is 0 Å². The summed E-state index contributed by atoms with van der Waals surface area (Å²) >= 11 is 7.68. The Hall–Kier alpha value is -1.75. The average Bonchev–Trinajstić information content (AvgIpc) is 3.43. The van der Waals surface area contributed by atoms with Crippen LogP contribution >= 0.6 is 22.9 Å². The molecule has 1 aromatic carbocycles. The molecule has 2 heterocycles. The van der Waals surface area contributed by atoms with Crippen molar-refractivity contribution in [1.82, 2.24) is 9.88 Å². The summed E-state index contributed by atoms with van der Waals surface area (Å²) in [7, 11) is -3.87. The number of nitrogens with one attached hydrogen (secondary N) is 1. The lowest BCUT2D eigenvalue weighted by atomic mass is 9.89. The van der Waals surface area contributed by atoms with E-state index in [1.807, 2.05) is 0 Å². The maximum Gasteiger partial charge on any atom is 0.290 e. The number of anilines is 1. The molecule has 1 aliphatic carbocycles. The van der Waals surface area contributed by atoms with Crippen molar-refractivity contribution in [1.29, 1.82) is 0 Å². The van der Waals surface area contributed by atoms with Crippen molar-refractivity contribution >= 4 is 44.9 Å². The van der Waals surface area contributed by atoms with Gasteiger partial charge < -0.3 is 10.4 Å². The number of aryl methyl sites for hydroxylation is 1. The second-order valence-electron chi connectivity index (χ2n) is 8.36. The van der Waals surface area contributed by atoms with Gasteiger partial charge in [-0.3, -0.25) is 9.69 Å². The Morgan fingerprint density at radius 3 is 2.58 bits per heavy atom. The summed E-state index contributed by atoms with van der Waals surface area (Å²) in [6, 6.07) is 3.08. The molecule has 33 heavy (non-hydrogen) atoms. The fourth-order valence-electron chi connectivity index (χ4n) is 4.58. The molecule has 0 radical (unpaired) electrons. The molecule has 7 nitrogen and oxygen atoms in total. The van der Waals surface area contributed by atoms with Gasteiger partial charge >= 0.3 is 0 Å². The number of rotatable bonds is 6.